The normalized spacial score (nSPS) is 13.7. The Labute approximate surface area is 189 Å². The van der Waals surface area contributed by atoms with Crippen molar-refractivity contribution in [2.24, 2.45) is 0 Å². The second-order valence-electron chi connectivity index (χ2n) is 8.35. The summed E-state index contributed by atoms with van der Waals surface area (Å²) in [5.74, 6) is 2.58. The third kappa shape index (κ3) is 4.24. The number of carbonyl (C=O) groups excluding carboxylic acids is 1. The molecule has 0 saturated carbocycles. The van der Waals surface area contributed by atoms with Crippen molar-refractivity contribution in [2.45, 2.75) is 46.0 Å². The summed E-state index contributed by atoms with van der Waals surface area (Å²) < 4.78 is 17.3. The zero-order valence-electron chi connectivity index (χ0n) is 19.3. The quantitative estimate of drug-likeness (QED) is 0.507. The molecular weight excluding hydrogens is 402 g/mol. The summed E-state index contributed by atoms with van der Waals surface area (Å²) in [6.07, 6.45) is 6.75. The number of carbonyl (C=O) groups is 1. The molecule has 1 aromatic heterocycles. The topological polar surface area (TPSA) is 60.7 Å². The number of ether oxygens (including phenoxy) is 2. The highest BCUT2D eigenvalue weighted by Crippen LogP contribution is 2.41. The van der Waals surface area contributed by atoms with Gasteiger partial charge in [-0.25, -0.2) is 0 Å². The summed E-state index contributed by atoms with van der Waals surface area (Å²) in [4.78, 5) is 12.6. The van der Waals surface area contributed by atoms with Crippen LogP contribution >= 0.6 is 0 Å². The molecule has 32 heavy (non-hydrogen) atoms. The molecule has 1 amide bonds. The summed E-state index contributed by atoms with van der Waals surface area (Å²) >= 11 is 0. The summed E-state index contributed by atoms with van der Waals surface area (Å²) in [5, 5.41) is 4.14. The monoisotopic (exact) mass is 433 g/mol. The van der Waals surface area contributed by atoms with Crippen LogP contribution in [0.5, 0.6) is 11.5 Å². The van der Waals surface area contributed by atoms with Gasteiger partial charge in [-0.2, -0.15) is 0 Å². The minimum absolute atomic E-state index is 0.119. The highest BCUT2D eigenvalue weighted by molar-refractivity contribution is 5.98. The molecule has 0 bridgehead atoms. The van der Waals surface area contributed by atoms with E-state index >= 15 is 0 Å². The Bertz CT molecular complexity index is 1170. The predicted molar refractivity (Wildman–Crippen MR) is 128 cm³/mol. The van der Waals surface area contributed by atoms with E-state index in [4.69, 9.17) is 13.9 Å². The number of benzene rings is 2. The van der Waals surface area contributed by atoms with Gasteiger partial charge in [0.2, 0.25) is 5.91 Å². The van der Waals surface area contributed by atoms with E-state index in [0.29, 0.717) is 13.0 Å². The van der Waals surface area contributed by atoms with Crippen molar-refractivity contribution in [3.8, 4) is 11.5 Å². The largest absolute Gasteiger partial charge is 0.496 e. The minimum Gasteiger partial charge on any atom is -0.496 e. The van der Waals surface area contributed by atoms with Crippen molar-refractivity contribution < 1.29 is 18.7 Å². The molecule has 0 spiro atoms. The molecule has 168 valence electrons. The number of methoxy groups -OCH3 is 2. The molecular formula is C27H31NO4. The Balaban J connectivity index is 1.55. The summed E-state index contributed by atoms with van der Waals surface area (Å²) in [7, 11) is 3.33. The van der Waals surface area contributed by atoms with E-state index in [2.05, 4.69) is 11.4 Å². The number of aryl methyl sites for hydroxylation is 3. The van der Waals surface area contributed by atoms with E-state index in [0.717, 1.165) is 63.3 Å². The van der Waals surface area contributed by atoms with Crippen LogP contribution in [0.3, 0.4) is 0 Å². The fourth-order valence-corrected chi connectivity index (χ4v) is 4.65. The van der Waals surface area contributed by atoms with Gasteiger partial charge < -0.3 is 19.2 Å². The van der Waals surface area contributed by atoms with E-state index in [9.17, 15) is 4.79 Å². The first kappa shape index (κ1) is 22.0. The van der Waals surface area contributed by atoms with Gasteiger partial charge in [0.05, 0.1) is 14.2 Å². The Kier molecular flexibility index (Phi) is 6.54. The van der Waals surface area contributed by atoms with Gasteiger partial charge >= 0.3 is 0 Å². The number of furan rings is 1. The molecule has 5 nitrogen and oxygen atoms in total. The van der Waals surface area contributed by atoms with Gasteiger partial charge in [-0.05, 0) is 62.8 Å². The molecule has 1 aliphatic carbocycles. The number of hydrogen-bond acceptors (Lipinski definition) is 4. The fraction of sp³-hybridized carbons (Fsp3) is 0.370. The van der Waals surface area contributed by atoms with E-state index in [1.165, 1.54) is 18.4 Å². The van der Waals surface area contributed by atoms with Crippen molar-refractivity contribution in [3.05, 3.63) is 64.4 Å². The van der Waals surface area contributed by atoms with Gasteiger partial charge in [0.25, 0.3) is 0 Å². The number of para-hydroxylation sites is 1. The molecule has 0 fully saturated rings. The van der Waals surface area contributed by atoms with Crippen LogP contribution in [0.4, 0.5) is 0 Å². The molecule has 0 aliphatic heterocycles. The molecule has 0 radical (unpaired) electrons. The molecule has 1 aliphatic rings. The van der Waals surface area contributed by atoms with Crippen LogP contribution in [0.25, 0.3) is 16.5 Å². The van der Waals surface area contributed by atoms with Crippen molar-refractivity contribution in [1.29, 1.82) is 0 Å². The van der Waals surface area contributed by atoms with Gasteiger partial charge in [-0.15, -0.1) is 0 Å². The number of nitrogens with one attached hydrogen (secondary N) is 1. The van der Waals surface area contributed by atoms with Crippen LogP contribution < -0.4 is 14.8 Å². The maximum absolute atomic E-state index is 12.6. The third-order valence-electron chi connectivity index (χ3n) is 6.29. The SMILES string of the molecule is COc1ccccc1CCNC(=O)/C=C(\C)c1cc2c3c(oc2c(C)c1OC)CCCC3. The molecule has 4 rings (SSSR count). The van der Waals surface area contributed by atoms with Gasteiger partial charge in [0.1, 0.15) is 22.8 Å². The Hall–Kier alpha value is -3.21. The molecule has 0 unspecified atom stereocenters. The lowest BCUT2D eigenvalue weighted by Crippen LogP contribution is -2.24. The zero-order valence-corrected chi connectivity index (χ0v) is 19.3. The van der Waals surface area contributed by atoms with Crippen molar-refractivity contribution in [3.63, 3.8) is 0 Å². The number of rotatable bonds is 7. The highest BCUT2D eigenvalue weighted by Gasteiger charge is 2.23. The van der Waals surface area contributed by atoms with Crippen LogP contribution in [-0.4, -0.2) is 26.7 Å². The highest BCUT2D eigenvalue weighted by atomic mass is 16.5. The molecule has 0 atom stereocenters. The van der Waals surface area contributed by atoms with Gasteiger partial charge in [-0.3, -0.25) is 4.79 Å². The first-order valence-electron chi connectivity index (χ1n) is 11.2. The third-order valence-corrected chi connectivity index (χ3v) is 6.29. The fourth-order valence-electron chi connectivity index (χ4n) is 4.65. The van der Waals surface area contributed by atoms with Gasteiger partial charge in [0, 0.05) is 41.1 Å². The van der Waals surface area contributed by atoms with E-state index in [1.54, 1.807) is 20.3 Å². The number of fused-ring (bicyclic) bond motifs is 3. The van der Waals surface area contributed by atoms with Crippen molar-refractivity contribution in [1.82, 2.24) is 5.32 Å². The summed E-state index contributed by atoms with van der Waals surface area (Å²) in [6, 6.07) is 9.99. The summed E-state index contributed by atoms with van der Waals surface area (Å²) in [6.45, 7) is 4.52. The number of amides is 1. The number of allylic oxidation sites excluding steroid dienone is 1. The minimum atomic E-state index is -0.119. The lowest BCUT2D eigenvalue weighted by molar-refractivity contribution is -0.116. The molecule has 5 heteroatoms. The van der Waals surface area contributed by atoms with Crippen LogP contribution in [0, 0.1) is 6.92 Å². The zero-order chi connectivity index (χ0) is 22.7. The molecule has 1 heterocycles. The smallest absolute Gasteiger partial charge is 0.244 e. The standard InChI is InChI=1S/C27H31NO4/c1-17(15-25(29)28-14-13-19-9-5-7-11-23(19)30-3)21-16-22-20-10-6-8-12-24(20)32-27(22)18(2)26(21)31-4/h5,7,9,11,15-16H,6,8,10,12-14H2,1-4H3,(H,28,29)/b17-15+. The molecule has 3 aromatic rings. The lowest BCUT2D eigenvalue weighted by Gasteiger charge is -2.14. The van der Waals surface area contributed by atoms with E-state index < -0.39 is 0 Å². The molecule has 0 saturated heterocycles. The predicted octanol–water partition coefficient (Wildman–Crippen LogP) is 5.40. The average Bonchev–Trinajstić information content (AvgIpc) is 3.18. The first-order valence-corrected chi connectivity index (χ1v) is 11.2. The second kappa shape index (κ2) is 9.51. The maximum atomic E-state index is 12.6. The van der Waals surface area contributed by atoms with Gasteiger partial charge in [-0.1, -0.05) is 18.2 Å². The van der Waals surface area contributed by atoms with Gasteiger partial charge in [0.15, 0.2) is 0 Å². The van der Waals surface area contributed by atoms with E-state index in [-0.39, 0.29) is 5.91 Å². The molecule has 2 aromatic carbocycles. The Morgan fingerprint density at radius 3 is 2.72 bits per heavy atom. The molecule has 1 N–H and O–H groups in total. The van der Waals surface area contributed by atoms with Crippen LogP contribution in [0.1, 0.15) is 47.8 Å². The van der Waals surface area contributed by atoms with Crippen LogP contribution in [0.2, 0.25) is 0 Å². The Morgan fingerprint density at radius 1 is 1.16 bits per heavy atom. The van der Waals surface area contributed by atoms with Crippen LogP contribution in [0.15, 0.2) is 40.8 Å². The average molecular weight is 434 g/mol. The Morgan fingerprint density at radius 2 is 1.94 bits per heavy atom. The lowest BCUT2D eigenvalue weighted by atomic mass is 9.93. The van der Waals surface area contributed by atoms with Crippen LogP contribution in [-0.2, 0) is 24.1 Å². The van der Waals surface area contributed by atoms with E-state index in [1.807, 2.05) is 38.1 Å². The number of hydrogen-bond donors (Lipinski definition) is 1. The van der Waals surface area contributed by atoms with Crippen molar-refractivity contribution >= 4 is 22.4 Å². The maximum Gasteiger partial charge on any atom is 0.244 e. The van der Waals surface area contributed by atoms with Crippen molar-refractivity contribution in [2.75, 3.05) is 20.8 Å². The summed E-state index contributed by atoms with van der Waals surface area (Å²) in [5.41, 5.74) is 6.08. The first-order chi connectivity index (χ1) is 15.5. The second-order valence-corrected chi connectivity index (χ2v) is 8.35.